The Hall–Kier alpha value is -1.25. The number of hydrogen-bond acceptors (Lipinski definition) is 0. The van der Waals surface area contributed by atoms with E-state index in [0.29, 0.717) is 0 Å². The van der Waals surface area contributed by atoms with Crippen molar-refractivity contribution in [2.75, 3.05) is 0 Å². The topological polar surface area (TPSA) is 0 Å². The van der Waals surface area contributed by atoms with Gasteiger partial charge in [-0.05, 0) is 11.0 Å². The van der Waals surface area contributed by atoms with Crippen LogP contribution in [0.3, 0.4) is 0 Å². The molecule has 0 spiro atoms. The first-order valence-electron chi connectivity index (χ1n) is 6.14. The molecule has 0 nitrogen and oxygen atoms in total. The summed E-state index contributed by atoms with van der Waals surface area (Å²) in [5.41, 5.74) is 0. The second-order valence-corrected chi connectivity index (χ2v) is 4.31. The third-order valence-electron chi connectivity index (χ3n) is 3.10. The molecular formula is C18H17HfSi-2. The van der Waals surface area contributed by atoms with E-state index in [1.165, 1.54) is 21.5 Å². The molecular weight excluding hydrogens is 423 g/mol. The van der Waals surface area contributed by atoms with Gasteiger partial charge in [-0.1, -0.05) is 12.1 Å². The summed E-state index contributed by atoms with van der Waals surface area (Å²) in [4.78, 5) is 0. The molecule has 0 aliphatic rings. The summed E-state index contributed by atoms with van der Waals surface area (Å²) in [6.45, 7) is 0. The van der Waals surface area contributed by atoms with Crippen molar-refractivity contribution in [3.05, 3.63) is 84.9 Å². The predicted molar refractivity (Wildman–Crippen MR) is 89.0 cm³/mol. The van der Waals surface area contributed by atoms with Crippen LogP contribution in [0.2, 0.25) is 0 Å². The van der Waals surface area contributed by atoms with Gasteiger partial charge in [-0.3, -0.25) is 0 Å². The van der Waals surface area contributed by atoms with Gasteiger partial charge in [0, 0.05) is 25.8 Å². The summed E-state index contributed by atoms with van der Waals surface area (Å²) < 4.78 is 0. The van der Waals surface area contributed by atoms with Crippen LogP contribution in [0.4, 0.5) is 0 Å². The summed E-state index contributed by atoms with van der Waals surface area (Å²) in [5.74, 6) is 0. The molecule has 0 aliphatic carbocycles. The van der Waals surface area contributed by atoms with Crippen molar-refractivity contribution in [2.24, 2.45) is 0 Å². The molecule has 0 saturated carbocycles. The normalized spacial score (nSPS) is 9.20. The Morgan fingerprint density at radius 1 is 0.550 bits per heavy atom. The monoisotopic (exact) mass is 441 g/mol. The first kappa shape index (κ1) is 16.8. The third-order valence-corrected chi connectivity index (χ3v) is 3.10. The summed E-state index contributed by atoms with van der Waals surface area (Å²) in [6, 6.07) is 29.3. The fourth-order valence-corrected chi connectivity index (χ4v) is 2.14. The van der Waals surface area contributed by atoms with Crippen LogP contribution >= 0.6 is 0 Å². The molecule has 99 valence electrons. The second-order valence-electron chi connectivity index (χ2n) is 4.31. The Morgan fingerprint density at radius 2 is 0.950 bits per heavy atom. The minimum atomic E-state index is 0. The first-order chi connectivity index (χ1) is 8.93. The van der Waals surface area contributed by atoms with E-state index in [-0.39, 0.29) is 36.8 Å². The van der Waals surface area contributed by atoms with E-state index in [2.05, 4.69) is 84.9 Å². The molecule has 0 heterocycles. The summed E-state index contributed by atoms with van der Waals surface area (Å²) in [6.07, 6.45) is 0. The molecule has 2 heteroatoms. The number of rotatable bonds is 0. The van der Waals surface area contributed by atoms with E-state index in [1.54, 1.807) is 0 Å². The van der Waals surface area contributed by atoms with Crippen molar-refractivity contribution in [3.63, 3.8) is 0 Å². The van der Waals surface area contributed by atoms with Gasteiger partial charge in [0.2, 0.25) is 0 Å². The van der Waals surface area contributed by atoms with E-state index in [4.69, 9.17) is 0 Å². The van der Waals surface area contributed by atoms with E-state index in [0.717, 1.165) is 0 Å². The number of hydrogen-bond donors (Lipinski definition) is 0. The van der Waals surface area contributed by atoms with Gasteiger partial charge in [-0.25, -0.2) is 0 Å². The first-order valence-corrected chi connectivity index (χ1v) is 6.14. The molecule has 4 aromatic rings. The van der Waals surface area contributed by atoms with Crippen LogP contribution in [0.5, 0.6) is 0 Å². The van der Waals surface area contributed by atoms with Crippen molar-refractivity contribution in [1.82, 2.24) is 0 Å². The van der Waals surface area contributed by atoms with Crippen molar-refractivity contribution in [1.29, 1.82) is 0 Å². The summed E-state index contributed by atoms with van der Waals surface area (Å²) in [5, 5.41) is 5.32. The molecule has 0 aromatic heterocycles. The maximum Gasteiger partial charge on any atom is 0 e. The molecule has 0 saturated heterocycles. The van der Waals surface area contributed by atoms with E-state index in [9.17, 15) is 0 Å². The van der Waals surface area contributed by atoms with Gasteiger partial charge in [0.1, 0.15) is 0 Å². The van der Waals surface area contributed by atoms with Crippen molar-refractivity contribution in [3.8, 4) is 0 Å². The van der Waals surface area contributed by atoms with Gasteiger partial charge < -0.3 is 0 Å². The van der Waals surface area contributed by atoms with Gasteiger partial charge in [-0.15, -0.1) is 59.3 Å². The fourth-order valence-electron chi connectivity index (χ4n) is 2.14. The molecule has 4 aromatic carbocycles. The number of benzene rings is 2. The molecule has 0 amide bonds. The second kappa shape index (κ2) is 8.13. The zero-order valence-corrected chi connectivity index (χ0v) is 17.2. The minimum absolute atomic E-state index is 0. The Kier molecular flexibility index (Phi) is 6.83. The average Bonchev–Trinajstić information content (AvgIpc) is 3.08. The third kappa shape index (κ3) is 3.87. The largest absolute Gasteiger partial charge is 0.168 e. The average molecular weight is 440 g/mol. The van der Waals surface area contributed by atoms with Crippen LogP contribution in [0.15, 0.2) is 84.9 Å². The Morgan fingerprint density at radius 3 is 1.35 bits per heavy atom. The van der Waals surface area contributed by atoms with Crippen LogP contribution < -0.4 is 0 Å². The SMILES string of the molecule is [Hf].[SiH3].c1ccc2[cH-]ccc2c1.c1ccc2[cH-]ccc2c1. The molecule has 0 bridgehead atoms. The maximum atomic E-state index is 2.12. The minimum Gasteiger partial charge on any atom is -0.168 e. The molecule has 0 unspecified atom stereocenters. The van der Waals surface area contributed by atoms with E-state index in [1.807, 2.05) is 0 Å². The molecule has 0 aliphatic heterocycles. The quantitative estimate of drug-likeness (QED) is 0.288. The molecule has 4 rings (SSSR count). The van der Waals surface area contributed by atoms with Crippen LogP contribution in [0.1, 0.15) is 0 Å². The molecule has 0 N–H and O–H groups in total. The van der Waals surface area contributed by atoms with Gasteiger partial charge in [-0.2, -0.15) is 35.0 Å². The van der Waals surface area contributed by atoms with Crippen molar-refractivity contribution >= 4 is 32.5 Å². The van der Waals surface area contributed by atoms with Gasteiger partial charge in [0.15, 0.2) is 0 Å². The summed E-state index contributed by atoms with van der Waals surface area (Å²) in [7, 11) is 0. The summed E-state index contributed by atoms with van der Waals surface area (Å²) >= 11 is 0. The predicted octanol–water partition coefficient (Wildman–Crippen LogP) is 3.93. The van der Waals surface area contributed by atoms with E-state index < -0.39 is 0 Å². The van der Waals surface area contributed by atoms with Crippen LogP contribution in [0.25, 0.3) is 21.5 Å². The Balaban J connectivity index is 0.000000182. The molecule has 1 radical (unpaired) electrons. The van der Waals surface area contributed by atoms with E-state index >= 15 is 0 Å². The Bertz CT molecular complexity index is 625. The fraction of sp³-hybridized carbons (Fsp3) is 0. The van der Waals surface area contributed by atoms with Crippen molar-refractivity contribution in [2.45, 2.75) is 0 Å². The van der Waals surface area contributed by atoms with Crippen LogP contribution in [0, 0.1) is 0 Å². The van der Waals surface area contributed by atoms with Crippen LogP contribution in [-0.2, 0) is 25.8 Å². The number of fused-ring (bicyclic) bond motifs is 2. The van der Waals surface area contributed by atoms with Gasteiger partial charge >= 0.3 is 0 Å². The maximum absolute atomic E-state index is 2.12. The standard InChI is InChI=1S/2C9H7.Hf.H3Si/c2*1-2-5-9-7-3-6-8(9)4-1;;/h2*1-7H;;1H3/q2*-1;;. The zero-order valence-electron chi connectivity index (χ0n) is 11.6. The van der Waals surface area contributed by atoms with Gasteiger partial charge in [0.25, 0.3) is 0 Å². The zero-order chi connectivity index (χ0) is 12.2. The molecule has 20 heavy (non-hydrogen) atoms. The van der Waals surface area contributed by atoms with Crippen molar-refractivity contribution < 1.29 is 25.8 Å². The molecule has 0 atom stereocenters. The smallest absolute Gasteiger partial charge is 0 e. The molecule has 0 fully saturated rings. The van der Waals surface area contributed by atoms with Gasteiger partial charge in [0.05, 0.1) is 0 Å². The van der Waals surface area contributed by atoms with Crippen LogP contribution in [-0.4, -0.2) is 11.0 Å². The Labute approximate surface area is 143 Å².